The zero-order valence-corrected chi connectivity index (χ0v) is 13.9. The Morgan fingerprint density at radius 3 is 2.77 bits per heavy atom. The van der Waals surface area contributed by atoms with Crippen LogP contribution < -0.4 is 5.32 Å². The maximum Gasteiger partial charge on any atom is 0.185 e. The van der Waals surface area contributed by atoms with Crippen molar-refractivity contribution in [2.75, 3.05) is 5.32 Å². The summed E-state index contributed by atoms with van der Waals surface area (Å²) in [6, 6.07) is 18.7. The third-order valence-corrected chi connectivity index (χ3v) is 4.80. The lowest BCUT2D eigenvalue weighted by Crippen LogP contribution is -2.10. The van der Waals surface area contributed by atoms with Gasteiger partial charge in [-0.25, -0.2) is 4.39 Å². The molecule has 5 nitrogen and oxygen atoms in total. The van der Waals surface area contributed by atoms with E-state index in [0.29, 0.717) is 11.5 Å². The Kier molecular flexibility index (Phi) is 3.41. The Balaban J connectivity index is 1.51. The van der Waals surface area contributed by atoms with E-state index < -0.39 is 0 Å². The molecule has 1 N–H and O–H groups in total. The van der Waals surface area contributed by atoms with E-state index in [4.69, 9.17) is 0 Å². The molecule has 6 heteroatoms. The van der Waals surface area contributed by atoms with Gasteiger partial charge in [-0.15, -0.1) is 15.3 Å². The fraction of sp³-hybridized carbons (Fsp3) is 0.150. The lowest BCUT2D eigenvalue weighted by atomic mass is 10.1. The van der Waals surface area contributed by atoms with E-state index in [1.807, 2.05) is 48.5 Å². The zero-order valence-electron chi connectivity index (χ0n) is 13.9. The van der Waals surface area contributed by atoms with Gasteiger partial charge in [0.25, 0.3) is 0 Å². The predicted octanol–water partition coefficient (Wildman–Crippen LogP) is 4.03. The van der Waals surface area contributed by atoms with Crippen LogP contribution in [0.15, 0.2) is 60.7 Å². The highest BCUT2D eigenvalue weighted by molar-refractivity contribution is 5.59. The molecule has 2 aromatic carbocycles. The Morgan fingerprint density at radius 2 is 1.88 bits per heavy atom. The summed E-state index contributed by atoms with van der Waals surface area (Å²) in [5, 5.41) is 16.5. The average Bonchev–Trinajstić information content (AvgIpc) is 3.26. The quantitative estimate of drug-likeness (QED) is 0.609. The third-order valence-electron chi connectivity index (χ3n) is 4.80. The lowest BCUT2D eigenvalue weighted by Gasteiger charge is -2.15. The summed E-state index contributed by atoms with van der Waals surface area (Å²) in [6.45, 7) is 0. The molecule has 0 fully saturated rings. The molecule has 5 rings (SSSR count). The molecule has 0 saturated heterocycles. The number of anilines is 1. The van der Waals surface area contributed by atoms with E-state index in [0.717, 1.165) is 29.8 Å². The Morgan fingerprint density at radius 1 is 1.00 bits per heavy atom. The van der Waals surface area contributed by atoms with Crippen LogP contribution in [0, 0.1) is 5.82 Å². The predicted molar refractivity (Wildman–Crippen MR) is 97.3 cm³/mol. The number of nitrogens with zero attached hydrogens (tertiary/aromatic N) is 4. The number of aromatic nitrogens is 4. The normalized spacial score (nSPS) is 16.0. The van der Waals surface area contributed by atoms with E-state index in [1.165, 1.54) is 11.6 Å². The van der Waals surface area contributed by atoms with Crippen LogP contribution in [0.2, 0.25) is 0 Å². The molecule has 1 unspecified atom stereocenters. The third kappa shape index (κ3) is 2.50. The second-order valence-corrected chi connectivity index (χ2v) is 6.46. The van der Waals surface area contributed by atoms with Crippen molar-refractivity contribution in [1.82, 2.24) is 19.8 Å². The van der Waals surface area contributed by atoms with Gasteiger partial charge in [0, 0.05) is 5.56 Å². The summed E-state index contributed by atoms with van der Waals surface area (Å²) in [5.41, 5.74) is 3.85. The Bertz CT molecular complexity index is 1090. The van der Waals surface area contributed by atoms with Crippen molar-refractivity contribution in [3.8, 4) is 11.4 Å². The van der Waals surface area contributed by atoms with Crippen molar-refractivity contribution >= 4 is 11.5 Å². The number of aryl methyl sites for hydroxylation is 1. The SMILES string of the molecule is Fc1ccc2c(c1)C(Nc1ccc3nnc(-c4ccccc4)n3n1)CC2. The molecular weight excluding hydrogens is 329 g/mol. The van der Waals surface area contributed by atoms with Gasteiger partial charge in [-0.3, -0.25) is 0 Å². The van der Waals surface area contributed by atoms with Gasteiger partial charge < -0.3 is 5.32 Å². The van der Waals surface area contributed by atoms with Crippen molar-refractivity contribution in [2.24, 2.45) is 0 Å². The van der Waals surface area contributed by atoms with Crippen LogP contribution >= 0.6 is 0 Å². The van der Waals surface area contributed by atoms with E-state index >= 15 is 0 Å². The first-order valence-electron chi connectivity index (χ1n) is 8.61. The van der Waals surface area contributed by atoms with Crippen molar-refractivity contribution in [3.63, 3.8) is 0 Å². The van der Waals surface area contributed by atoms with Crippen molar-refractivity contribution in [3.05, 3.63) is 77.6 Å². The molecule has 0 radical (unpaired) electrons. The standard InChI is InChI=1S/C20H16FN5/c21-15-8-6-13-7-9-17(16(13)12-15)22-18-10-11-19-23-24-20(26(19)25-18)14-4-2-1-3-5-14/h1-6,8,10-12,17H,7,9H2,(H,22,25). The highest BCUT2D eigenvalue weighted by Crippen LogP contribution is 2.34. The van der Waals surface area contributed by atoms with Gasteiger partial charge in [0.2, 0.25) is 0 Å². The van der Waals surface area contributed by atoms with E-state index in [1.54, 1.807) is 10.6 Å². The average molecular weight is 345 g/mol. The minimum atomic E-state index is -0.203. The second-order valence-electron chi connectivity index (χ2n) is 6.46. The summed E-state index contributed by atoms with van der Waals surface area (Å²) in [6.07, 6.45) is 1.86. The monoisotopic (exact) mass is 345 g/mol. The van der Waals surface area contributed by atoms with Gasteiger partial charge in [0.15, 0.2) is 11.5 Å². The smallest absolute Gasteiger partial charge is 0.185 e. The van der Waals surface area contributed by atoms with Crippen LogP contribution in [0.5, 0.6) is 0 Å². The summed E-state index contributed by atoms with van der Waals surface area (Å²) in [4.78, 5) is 0. The number of hydrogen-bond acceptors (Lipinski definition) is 4. The first kappa shape index (κ1) is 15.0. The molecule has 0 spiro atoms. The van der Waals surface area contributed by atoms with Gasteiger partial charge >= 0.3 is 0 Å². The molecule has 1 atom stereocenters. The molecule has 0 aliphatic heterocycles. The van der Waals surface area contributed by atoms with Crippen molar-refractivity contribution < 1.29 is 4.39 Å². The van der Waals surface area contributed by atoms with Gasteiger partial charge in [0.1, 0.15) is 11.6 Å². The topological polar surface area (TPSA) is 55.1 Å². The van der Waals surface area contributed by atoms with Gasteiger partial charge in [-0.1, -0.05) is 36.4 Å². The van der Waals surface area contributed by atoms with Gasteiger partial charge in [-0.2, -0.15) is 4.52 Å². The first-order chi connectivity index (χ1) is 12.8. The largest absolute Gasteiger partial charge is 0.362 e. The van der Waals surface area contributed by atoms with Crippen LogP contribution in [0.25, 0.3) is 17.0 Å². The lowest BCUT2D eigenvalue weighted by molar-refractivity contribution is 0.623. The first-order valence-corrected chi connectivity index (χ1v) is 8.61. The van der Waals surface area contributed by atoms with Crippen LogP contribution in [0.1, 0.15) is 23.6 Å². The maximum atomic E-state index is 13.6. The molecule has 2 aromatic heterocycles. The fourth-order valence-electron chi connectivity index (χ4n) is 3.53. The summed E-state index contributed by atoms with van der Waals surface area (Å²) < 4.78 is 15.4. The number of rotatable bonds is 3. The number of fused-ring (bicyclic) bond motifs is 2. The number of hydrogen-bond donors (Lipinski definition) is 1. The van der Waals surface area contributed by atoms with Crippen LogP contribution in [-0.2, 0) is 6.42 Å². The summed E-state index contributed by atoms with van der Waals surface area (Å²) in [7, 11) is 0. The zero-order chi connectivity index (χ0) is 17.5. The number of nitrogens with one attached hydrogen (secondary N) is 1. The Labute approximate surface area is 149 Å². The Hall–Kier alpha value is -3.28. The van der Waals surface area contributed by atoms with Gasteiger partial charge in [-0.05, 0) is 48.2 Å². The number of benzene rings is 2. The van der Waals surface area contributed by atoms with Crippen LogP contribution in [-0.4, -0.2) is 19.8 Å². The molecular formula is C20H16FN5. The second kappa shape index (κ2) is 5.91. The van der Waals surface area contributed by atoms with Crippen molar-refractivity contribution in [2.45, 2.75) is 18.9 Å². The van der Waals surface area contributed by atoms with E-state index in [-0.39, 0.29) is 11.9 Å². The van der Waals surface area contributed by atoms with E-state index in [9.17, 15) is 4.39 Å². The number of halogens is 1. The highest BCUT2D eigenvalue weighted by atomic mass is 19.1. The highest BCUT2D eigenvalue weighted by Gasteiger charge is 2.23. The maximum absolute atomic E-state index is 13.6. The fourth-order valence-corrected chi connectivity index (χ4v) is 3.53. The van der Waals surface area contributed by atoms with Gasteiger partial charge in [0.05, 0.1) is 6.04 Å². The van der Waals surface area contributed by atoms with Crippen LogP contribution in [0.3, 0.4) is 0 Å². The molecule has 4 aromatic rings. The molecule has 0 amide bonds. The molecule has 0 saturated carbocycles. The molecule has 1 aliphatic carbocycles. The molecule has 1 aliphatic rings. The summed E-state index contributed by atoms with van der Waals surface area (Å²) in [5.74, 6) is 1.21. The molecule has 128 valence electrons. The molecule has 26 heavy (non-hydrogen) atoms. The minimum Gasteiger partial charge on any atom is -0.362 e. The van der Waals surface area contributed by atoms with E-state index in [2.05, 4.69) is 20.6 Å². The molecule has 2 heterocycles. The van der Waals surface area contributed by atoms with Crippen molar-refractivity contribution in [1.29, 1.82) is 0 Å². The summed E-state index contributed by atoms with van der Waals surface area (Å²) >= 11 is 0. The van der Waals surface area contributed by atoms with Crippen LogP contribution in [0.4, 0.5) is 10.2 Å². The minimum absolute atomic E-state index is 0.0577. The molecule has 0 bridgehead atoms.